The lowest BCUT2D eigenvalue weighted by atomic mass is 9.96. The molecule has 0 saturated carbocycles. The Kier molecular flexibility index (Phi) is 38.7. The van der Waals surface area contributed by atoms with Crippen molar-refractivity contribution in [3.8, 4) is 0 Å². The Morgan fingerprint density at radius 3 is 1.13 bits per heavy atom. The first kappa shape index (κ1) is 70.1. The van der Waals surface area contributed by atoms with Gasteiger partial charge in [0, 0.05) is 6.42 Å². The van der Waals surface area contributed by atoms with Gasteiger partial charge in [0.1, 0.15) is 73.2 Å². The van der Waals surface area contributed by atoms with Gasteiger partial charge in [0.25, 0.3) is 0 Å². The van der Waals surface area contributed by atoms with Gasteiger partial charge in [-0.05, 0) is 12.8 Å². The van der Waals surface area contributed by atoms with Crippen molar-refractivity contribution in [2.24, 2.45) is 0 Å². The van der Waals surface area contributed by atoms with Crippen molar-refractivity contribution in [1.82, 2.24) is 5.32 Å². The minimum Gasteiger partial charge on any atom is -0.394 e. The van der Waals surface area contributed by atoms with Gasteiger partial charge >= 0.3 is 0 Å². The zero-order valence-corrected chi connectivity index (χ0v) is 47.5. The highest BCUT2D eigenvalue weighted by Crippen LogP contribution is 2.33. The summed E-state index contributed by atoms with van der Waals surface area (Å²) < 4.78 is 34.3. The molecule has 0 radical (unpaired) electrons. The summed E-state index contributed by atoms with van der Waals surface area (Å²) in [6, 6.07) is -0.879. The summed E-state index contributed by atoms with van der Waals surface area (Å²) in [7, 11) is 0. The third-order valence-corrected chi connectivity index (χ3v) is 15.9. The van der Waals surface area contributed by atoms with Crippen LogP contribution in [0.15, 0.2) is 0 Å². The van der Waals surface area contributed by atoms with E-state index in [9.17, 15) is 61.0 Å². The number of hydrogen-bond acceptors (Lipinski definition) is 18. The summed E-state index contributed by atoms with van der Waals surface area (Å²) >= 11 is 0. The molecule has 3 heterocycles. The third-order valence-electron chi connectivity index (χ3n) is 15.9. The maximum atomic E-state index is 13.3. The van der Waals surface area contributed by atoms with Crippen LogP contribution < -0.4 is 5.32 Å². The van der Waals surface area contributed by atoms with Gasteiger partial charge in [-0.3, -0.25) is 4.79 Å². The molecule has 0 aromatic rings. The van der Waals surface area contributed by atoms with Crippen LogP contribution in [0.5, 0.6) is 0 Å². The number of rotatable bonds is 46. The fraction of sp³-hybridized carbons (Fsp3) is 0.983. The molecule has 3 aliphatic rings. The molecule has 3 saturated heterocycles. The highest BCUT2D eigenvalue weighted by atomic mass is 16.8. The van der Waals surface area contributed by atoms with E-state index in [4.69, 9.17) is 28.4 Å². The van der Waals surface area contributed by atoms with Crippen molar-refractivity contribution in [1.29, 1.82) is 0 Å². The van der Waals surface area contributed by atoms with Gasteiger partial charge in [0.2, 0.25) is 5.91 Å². The zero-order valence-electron chi connectivity index (χ0n) is 47.5. The van der Waals surface area contributed by atoms with E-state index < -0.39 is 124 Å². The van der Waals surface area contributed by atoms with Crippen LogP contribution in [0.3, 0.4) is 0 Å². The number of aliphatic hydroxyl groups excluding tert-OH is 11. The molecule has 3 rings (SSSR count). The number of carbonyl (C=O) groups excluding carboxylic acids is 1. The van der Waals surface area contributed by atoms with Gasteiger partial charge in [-0.15, -0.1) is 0 Å². The molecule has 3 fully saturated rings. The number of aliphatic hydroxyl groups is 11. The van der Waals surface area contributed by atoms with Crippen LogP contribution in [0.1, 0.15) is 232 Å². The second-order valence-corrected chi connectivity index (χ2v) is 22.5. The Balaban J connectivity index is 1.43. The summed E-state index contributed by atoms with van der Waals surface area (Å²) in [4.78, 5) is 13.3. The number of carbonyl (C=O) groups is 1. The summed E-state index contributed by atoms with van der Waals surface area (Å²) in [6.45, 7) is 1.78. The first-order chi connectivity index (χ1) is 37.3. The Hall–Kier alpha value is -1.21. The smallest absolute Gasteiger partial charge is 0.220 e. The van der Waals surface area contributed by atoms with Gasteiger partial charge < -0.3 is 89.9 Å². The molecular weight excluding hydrogens is 999 g/mol. The Bertz CT molecular complexity index is 1420. The first-order valence-electron chi connectivity index (χ1n) is 30.8. The van der Waals surface area contributed by atoms with E-state index in [-0.39, 0.29) is 18.9 Å². The molecule has 0 aromatic heterocycles. The molecule has 1 amide bonds. The van der Waals surface area contributed by atoms with Crippen LogP contribution >= 0.6 is 0 Å². The molecule has 19 nitrogen and oxygen atoms in total. The lowest BCUT2D eigenvalue weighted by Crippen LogP contribution is -2.66. The maximum Gasteiger partial charge on any atom is 0.220 e. The van der Waals surface area contributed by atoms with Gasteiger partial charge in [0.05, 0.1) is 38.6 Å². The van der Waals surface area contributed by atoms with Crippen molar-refractivity contribution >= 4 is 5.91 Å². The predicted octanol–water partition coefficient (Wildman–Crippen LogP) is 5.60. The summed E-state index contributed by atoms with van der Waals surface area (Å²) in [5, 5.41) is 120. The third kappa shape index (κ3) is 26.7. The fourth-order valence-electron chi connectivity index (χ4n) is 10.8. The maximum absolute atomic E-state index is 13.3. The second kappa shape index (κ2) is 42.6. The molecule has 0 spiro atoms. The van der Waals surface area contributed by atoms with E-state index in [2.05, 4.69) is 19.2 Å². The van der Waals surface area contributed by atoms with Crippen LogP contribution in [0.25, 0.3) is 0 Å². The standard InChI is InChI=1S/C58H111NO18/c1-3-5-7-9-11-13-14-15-16-17-18-19-20-21-22-23-24-25-26-28-29-31-33-35-42(63)41(59-46(64)36-34-32-30-27-12-10-8-6-4-2)40-72-56-52(70)49(67)54(44(38-61)74-56)77-58-53(71)50(68)55(45(39-62)75-58)76-57-51(69)48(66)47(65)43(37-60)73-57/h41-45,47-58,60-63,65-71H,3-40H2,1-2H3,(H,59,64). The Morgan fingerprint density at radius 1 is 0.416 bits per heavy atom. The molecule has 19 heteroatoms. The zero-order chi connectivity index (χ0) is 56.2. The summed E-state index contributed by atoms with van der Waals surface area (Å²) in [6.07, 6.45) is 13.6. The molecule has 456 valence electrons. The molecule has 3 aliphatic heterocycles. The largest absolute Gasteiger partial charge is 0.394 e. The quantitative estimate of drug-likeness (QED) is 0.0330. The molecule has 77 heavy (non-hydrogen) atoms. The van der Waals surface area contributed by atoms with Crippen LogP contribution in [0, 0.1) is 0 Å². The van der Waals surface area contributed by atoms with E-state index in [1.165, 1.54) is 154 Å². The van der Waals surface area contributed by atoms with Crippen molar-refractivity contribution in [3.05, 3.63) is 0 Å². The lowest BCUT2D eigenvalue weighted by Gasteiger charge is -2.48. The summed E-state index contributed by atoms with van der Waals surface area (Å²) in [5.74, 6) is -0.243. The van der Waals surface area contributed by atoms with Gasteiger partial charge in [-0.2, -0.15) is 0 Å². The van der Waals surface area contributed by atoms with E-state index in [1.54, 1.807) is 0 Å². The van der Waals surface area contributed by atoms with E-state index in [0.717, 1.165) is 44.9 Å². The number of hydrogen-bond donors (Lipinski definition) is 12. The Morgan fingerprint density at radius 2 is 0.740 bits per heavy atom. The average Bonchev–Trinajstić information content (AvgIpc) is 3.42. The lowest BCUT2D eigenvalue weighted by molar-refractivity contribution is -0.379. The van der Waals surface area contributed by atoms with Gasteiger partial charge in [-0.25, -0.2) is 0 Å². The minimum atomic E-state index is -1.97. The van der Waals surface area contributed by atoms with Crippen molar-refractivity contribution in [2.45, 2.75) is 336 Å². The molecule has 0 aliphatic carbocycles. The molecule has 17 unspecified atom stereocenters. The molecule has 0 bridgehead atoms. The molecule has 12 N–H and O–H groups in total. The molecular formula is C58H111NO18. The first-order valence-corrected chi connectivity index (χ1v) is 30.8. The summed E-state index contributed by atoms with van der Waals surface area (Å²) in [5.41, 5.74) is 0. The van der Waals surface area contributed by atoms with E-state index in [0.29, 0.717) is 12.8 Å². The number of nitrogens with one attached hydrogen (secondary N) is 1. The number of unbranched alkanes of at least 4 members (excludes halogenated alkanes) is 30. The van der Waals surface area contributed by atoms with Crippen LogP contribution in [0.2, 0.25) is 0 Å². The van der Waals surface area contributed by atoms with E-state index >= 15 is 0 Å². The SMILES string of the molecule is CCCCCCCCCCCCCCCCCCCCCCCCCC(O)C(COC1OC(CO)C(OC2OC(CO)C(OC3OC(CO)C(O)C(O)C3O)C(O)C2O)C(O)C1O)NC(=O)CCCCCCCCCCC. The van der Waals surface area contributed by atoms with Crippen molar-refractivity contribution < 1.29 is 89.4 Å². The highest BCUT2D eigenvalue weighted by molar-refractivity contribution is 5.76. The van der Waals surface area contributed by atoms with E-state index in [1.807, 2.05) is 0 Å². The van der Waals surface area contributed by atoms with Crippen LogP contribution in [0.4, 0.5) is 0 Å². The van der Waals surface area contributed by atoms with Gasteiger partial charge in [-0.1, -0.05) is 213 Å². The predicted molar refractivity (Wildman–Crippen MR) is 291 cm³/mol. The van der Waals surface area contributed by atoms with Crippen molar-refractivity contribution in [2.75, 3.05) is 26.4 Å². The second-order valence-electron chi connectivity index (χ2n) is 22.5. The molecule has 17 atom stereocenters. The number of ether oxygens (including phenoxy) is 6. The Labute approximate surface area is 462 Å². The monoisotopic (exact) mass is 1110 g/mol. The molecule has 0 aromatic carbocycles. The van der Waals surface area contributed by atoms with Crippen LogP contribution in [-0.2, 0) is 33.2 Å². The van der Waals surface area contributed by atoms with Crippen LogP contribution in [-0.4, -0.2) is 193 Å². The van der Waals surface area contributed by atoms with Crippen molar-refractivity contribution in [3.63, 3.8) is 0 Å². The normalized spacial score (nSPS) is 30.6. The highest BCUT2D eigenvalue weighted by Gasteiger charge is 2.53. The number of amides is 1. The van der Waals surface area contributed by atoms with Gasteiger partial charge in [0.15, 0.2) is 18.9 Å². The topological polar surface area (TPSA) is 307 Å². The fourth-order valence-corrected chi connectivity index (χ4v) is 10.8. The minimum absolute atomic E-state index is 0.243. The average molecular weight is 1110 g/mol.